The summed E-state index contributed by atoms with van der Waals surface area (Å²) in [6.45, 7) is 0.647. The number of hydrogen-bond donors (Lipinski definition) is 1. The maximum absolute atomic E-state index is 13.5. The minimum absolute atomic E-state index is 0.0333. The second-order valence-corrected chi connectivity index (χ2v) is 5.45. The van der Waals surface area contributed by atoms with E-state index in [9.17, 15) is 9.18 Å². The van der Waals surface area contributed by atoms with Gasteiger partial charge in [-0.15, -0.1) is 0 Å². The van der Waals surface area contributed by atoms with E-state index in [-0.39, 0.29) is 16.4 Å². The molecule has 0 fully saturated rings. The average molecular weight is 308 g/mol. The lowest BCUT2D eigenvalue weighted by molar-refractivity contribution is 0.0697. The molecule has 2 aromatic carbocycles. The number of benzene rings is 2. The van der Waals surface area contributed by atoms with Crippen molar-refractivity contribution in [2.24, 2.45) is 0 Å². The molecule has 0 radical (unpaired) electrons. The first-order valence-corrected chi connectivity index (χ1v) is 6.72. The SMILES string of the molecule is CN(C)Cc1ccc(F)cc1-c1ccc(C(=O)O)c(Cl)c1. The van der Waals surface area contributed by atoms with Crippen LogP contribution in [0.1, 0.15) is 15.9 Å². The van der Waals surface area contributed by atoms with Gasteiger partial charge in [-0.25, -0.2) is 9.18 Å². The number of aromatic carboxylic acids is 1. The standard InChI is InChI=1S/C16H15ClFNO2/c1-19(2)9-11-3-5-12(18)8-14(11)10-4-6-13(16(20)21)15(17)7-10/h3-8H,9H2,1-2H3,(H,20,21). The van der Waals surface area contributed by atoms with Gasteiger partial charge in [0, 0.05) is 6.54 Å². The fourth-order valence-corrected chi connectivity index (χ4v) is 2.41. The van der Waals surface area contributed by atoms with Crippen molar-refractivity contribution >= 4 is 17.6 Å². The molecule has 5 heteroatoms. The zero-order valence-electron chi connectivity index (χ0n) is 11.7. The van der Waals surface area contributed by atoms with Crippen LogP contribution in [-0.2, 0) is 6.54 Å². The van der Waals surface area contributed by atoms with E-state index in [1.54, 1.807) is 18.2 Å². The smallest absolute Gasteiger partial charge is 0.337 e. The number of carboxylic acids is 1. The molecule has 0 spiro atoms. The summed E-state index contributed by atoms with van der Waals surface area (Å²) in [6.07, 6.45) is 0. The van der Waals surface area contributed by atoms with Gasteiger partial charge >= 0.3 is 5.97 Å². The zero-order valence-corrected chi connectivity index (χ0v) is 12.5. The summed E-state index contributed by atoms with van der Waals surface area (Å²) in [5.41, 5.74) is 2.38. The number of nitrogens with zero attached hydrogens (tertiary/aromatic N) is 1. The number of carboxylic acid groups (broad SMARTS) is 1. The normalized spacial score (nSPS) is 10.9. The van der Waals surface area contributed by atoms with Gasteiger partial charge in [0.15, 0.2) is 0 Å². The highest BCUT2D eigenvalue weighted by atomic mass is 35.5. The summed E-state index contributed by atoms with van der Waals surface area (Å²) in [6, 6.07) is 9.21. The Morgan fingerprint density at radius 1 is 1.24 bits per heavy atom. The van der Waals surface area contributed by atoms with E-state index < -0.39 is 5.97 Å². The molecule has 0 aliphatic rings. The molecule has 0 aromatic heterocycles. The Balaban J connectivity index is 2.52. The molecule has 0 unspecified atom stereocenters. The molecule has 110 valence electrons. The van der Waals surface area contributed by atoms with Gasteiger partial charge in [-0.2, -0.15) is 0 Å². The van der Waals surface area contributed by atoms with Crippen LogP contribution in [0.25, 0.3) is 11.1 Å². The molecule has 2 aromatic rings. The van der Waals surface area contributed by atoms with Crippen LogP contribution in [0.2, 0.25) is 5.02 Å². The third-order valence-corrected chi connectivity index (χ3v) is 3.38. The van der Waals surface area contributed by atoms with Gasteiger partial charge in [0.05, 0.1) is 10.6 Å². The summed E-state index contributed by atoms with van der Waals surface area (Å²) in [4.78, 5) is 13.0. The van der Waals surface area contributed by atoms with Gasteiger partial charge in [-0.05, 0) is 55.1 Å². The Hall–Kier alpha value is -1.91. The van der Waals surface area contributed by atoms with Crippen molar-refractivity contribution in [3.8, 4) is 11.1 Å². The van der Waals surface area contributed by atoms with Crippen LogP contribution in [-0.4, -0.2) is 30.1 Å². The Labute approximate surface area is 127 Å². The van der Waals surface area contributed by atoms with E-state index in [0.29, 0.717) is 17.7 Å². The largest absolute Gasteiger partial charge is 0.478 e. The molecule has 0 atom stereocenters. The topological polar surface area (TPSA) is 40.5 Å². The van der Waals surface area contributed by atoms with Gasteiger partial charge in [0.2, 0.25) is 0 Å². The number of carbonyl (C=O) groups is 1. The lowest BCUT2D eigenvalue weighted by Gasteiger charge is -2.15. The summed E-state index contributed by atoms with van der Waals surface area (Å²) in [5.74, 6) is -1.43. The van der Waals surface area contributed by atoms with Crippen LogP contribution in [0.15, 0.2) is 36.4 Å². The van der Waals surface area contributed by atoms with Gasteiger partial charge in [-0.1, -0.05) is 23.7 Å². The van der Waals surface area contributed by atoms with Gasteiger partial charge in [0.25, 0.3) is 0 Å². The molecule has 0 saturated carbocycles. The highest BCUT2D eigenvalue weighted by Crippen LogP contribution is 2.29. The number of halogens is 2. The van der Waals surface area contributed by atoms with E-state index >= 15 is 0 Å². The van der Waals surface area contributed by atoms with Gasteiger partial charge in [0.1, 0.15) is 5.82 Å². The van der Waals surface area contributed by atoms with Crippen LogP contribution in [0.4, 0.5) is 4.39 Å². The highest BCUT2D eigenvalue weighted by Gasteiger charge is 2.12. The molecule has 0 heterocycles. The molecule has 0 aliphatic heterocycles. The molecule has 0 bridgehead atoms. The summed E-state index contributed by atoms with van der Waals surface area (Å²) in [5, 5.41) is 9.13. The van der Waals surface area contributed by atoms with Crippen molar-refractivity contribution in [2.75, 3.05) is 14.1 Å². The maximum Gasteiger partial charge on any atom is 0.337 e. The first-order chi connectivity index (χ1) is 9.88. The Bertz CT molecular complexity index is 686. The van der Waals surface area contributed by atoms with Crippen molar-refractivity contribution in [2.45, 2.75) is 6.54 Å². The second-order valence-electron chi connectivity index (χ2n) is 5.04. The Morgan fingerprint density at radius 3 is 2.52 bits per heavy atom. The summed E-state index contributed by atoms with van der Waals surface area (Å²) >= 11 is 5.99. The predicted octanol–water partition coefficient (Wildman–Crippen LogP) is 3.91. The van der Waals surface area contributed by atoms with Crippen molar-refractivity contribution < 1.29 is 14.3 Å². The molecule has 0 saturated heterocycles. The van der Waals surface area contributed by atoms with Crippen LogP contribution < -0.4 is 0 Å². The molecular formula is C16H15ClFNO2. The lowest BCUT2D eigenvalue weighted by atomic mass is 9.98. The number of rotatable bonds is 4. The van der Waals surface area contributed by atoms with Crippen molar-refractivity contribution in [3.63, 3.8) is 0 Å². The third-order valence-electron chi connectivity index (χ3n) is 3.07. The molecular weight excluding hydrogens is 293 g/mol. The van der Waals surface area contributed by atoms with E-state index in [2.05, 4.69) is 0 Å². The minimum Gasteiger partial charge on any atom is -0.478 e. The van der Waals surface area contributed by atoms with E-state index in [0.717, 1.165) is 5.56 Å². The van der Waals surface area contributed by atoms with Crippen LogP contribution >= 0.6 is 11.6 Å². The lowest BCUT2D eigenvalue weighted by Crippen LogP contribution is -2.11. The minimum atomic E-state index is -1.08. The van der Waals surface area contributed by atoms with E-state index in [4.69, 9.17) is 16.7 Å². The predicted molar refractivity (Wildman–Crippen MR) is 81.2 cm³/mol. The molecule has 0 amide bonds. The quantitative estimate of drug-likeness (QED) is 0.931. The fraction of sp³-hybridized carbons (Fsp3) is 0.188. The molecule has 21 heavy (non-hydrogen) atoms. The van der Waals surface area contributed by atoms with Crippen LogP contribution in [0, 0.1) is 5.82 Å². The summed E-state index contributed by atoms with van der Waals surface area (Å²) < 4.78 is 13.5. The van der Waals surface area contributed by atoms with Crippen LogP contribution in [0.5, 0.6) is 0 Å². The van der Waals surface area contributed by atoms with Crippen molar-refractivity contribution in [1.82, 2.24) is 4.90 Å². The molecule has 0 aliphatic carbocycles. The molecule has 3 nitrogen and oxygen atoms in total. The van der Waals surface area contributed by atoms with E-state index in [1.807, 2.05) is 19.0 Å². The van der Waals surface area contributed by atoms with Gasteiger partial charge < -0.3 is 10.0 Å². The molecule has 1 N–H and O–H groups in total. The van der Waals surface area contributed by atoms with E-state index in [1.165, 1.54) is 18.2 Å². The highest BCUT2D eigenvalue weighted by molar-refractivity contribution is 6.33. The second kappa shape index (κ2) is 6.24. The fourth-order valence-electron chi connectivity index (χ4n) is 2.15. The average Bonchev–Trinajstić information content (AvgIpc) is 2.39. The monoisotopic (exact) mass is 307 g/mol. The third kappa shape index (κ3) is 3.60. The number of hydrogen-bond acceptors (Lipinski definition) is 2. The van der Waals surface area contributed by atoms with Crippen molar-refractivity contribution in [1.29, 1.82) is 0 Å². The zero-order chi connectivity index (χ0) is 15.6. The Morgan fingerprint density at radius 2 is 1.95 bits per heavy atom. The molecule has 2 rings (SSSR count). The van der Waals surface area contributed by atoms with Gasteiger partial charge in [-0.3, -0.25) is 0 Å². The summed E-state index contributed by atoms with van der Waals surface area (Å²) in [7, 11) is 3.85. The Kier molecular flexibility index (Phi) is 4.60. The maximum atomic E-state index is 13.5. The first kappa shape index (κ1) is 15.5. The van der Waals surface area contributed by atoms with Crippen LogP contribution in [0.3, 0.4) is 0 Å². The van der Waals surface area contributed by atoms with Crippen molar-refractivity contribution in [3.05, 3.63) is 58.4 Å². The first-order valence-electron chi connectivity index (χ1n) is 6.35.